The molecule has 5 atom stereocenters. The van der Waals surface area contributed by atoms with Gasteiger partial charge >= 0.3 is 39.5 Å². The van der Waals surface area contributed by atoms with Crippen LogP contribution in [-0.4, -0.2) is 96.7 Å². The van der Waals surface area contributed by atoms with Crippen LogP contribution in [0.25, 0.3) is 0 Å². The zero-order valence-corrected chi connectivity index (χ0v) is 62.9. The third kappa shape index (κ3) is 68.6. The van der Waals surface area contributed by atoms with E-state index in [0.717, 1.165) is 109 Å². The number of esters is 4. The third-order valence-electron chi connectivity index (χ3n) is 17.5. The topological polar surface area (TPSA) is 237 Å². The van der Waals surface area contributed by atoms with E-state index in [1.807, 2.05) is 0 Å². The fourth-order valence-corrected chi connectivity index (χ4v) is 13.1. The van der Waals surface area contributed by atoms with Crippen molar-refractivity contribution in [3.63, 3.8) is 0 Å². The monoisotopic (exact) mass is 1380 g/mol. The van der Waals surface area contributed by atoms with E-state index in [2.05, 4.69) is 34.6 Å². The van der Waals surface area contributed by atoms with Gasteiger partial charge in [0.1, 0.15) is 19.3 Å². The number of carbonyl (C=O) groups is 4. The Morgan fingerprint density at radius 2 is 0.489 bits per heavy atom. The van der Waals surface area contributed by atoms with E-state index in [9.17, 15) is 43.2 Å². The van der Waals surface area contributed by atoms with Gasteiger partial charge in [-0.3, -0.25) is 37.3 Å². The molecule has 0 radical (unpaired) electrons. The van der Waals surface area contributed by atoms with Crippen LogP contribution in [0.5, 0.6) is 0 Å². The molecule has 0 saturated heterocycles. The van der Waals surface area contributed by atoms with Crippen molar-refractivity contribution in [2.45, 2.75) is 412 Å². The van der Waals surface area contributed by atoms with Gasteiger partial charge in [0, 0.05) is 25.7 Å². The lowest BCUT2D eigenvalue weighted by Gasteiger charge is -2.21. The standard InChI is InChI=1S/C75H146O17P2/c1-6-9-12-15-18-20-22-23-24-25-29-32-36-39-44-49-54-59-73(78)86-65-71(92-75(80)61-56-51-46-41-37-33-30-27-26-28-31-35-38-43-47-52-57-68(4)5)67-90-94(83,84)88-63-69(76)62-87-93(81,82)89-66-70(64-85-72(77)58-53-48-42-17-14-11-8-3)91-74(79)60-55-50-45-40-34-21-19-16-13-10-7-2/h68-71,76H,6-67H2,1-5H3,(H,81,82)(H,83,84)/t69-,70+,71+/m0/s1. The third-order valence-corrected chi connectivity index (χ3v) is 19.4. The van der Waals surface area contributed by atoms with Crippen LogP contribution in [0.4, 0.5) is 0 Å². The van der Waals surface area contributed by atoms with Gasteiger partial charge in [0.25, 0.3) is 0 Å². The van der Waals surface area contributed by atoms with E-state index in [1.165, 1.54) is 205 Å². The van der Waals surface area contributed by atoms with Crippen LogP contribution in [0.3, 0.4) is 0 Å². The Kier molecular flexibility index (Phi) is 66.8. The van der Waals surface area contributed by atoms with Gasteiger partial charge in [-0.15, -0.1) is 0 Å². The Morgan fingerprint density at radius 3 is 0.723 bits per heavy atom. The molecule has 0 fully saturated rings. The van der Waals surface area contributed by atoms with E-state index >= 15 is 0 Å². The van der Waals surface area contributed by atoms with Crippen molar-refractivity contribution in [2.75, 3.05) is 39.6 Å². The zero-order chi connectivity index (χ0) is 69.1. The first kappa shape index (κ1) is 92.1. The average Bonchev–Trinajstić information content (AvgIpc) is 2.09. The summed E-state index contributed by atoms with van der Waals surface area (Å²) in [6.07, 6.45) is 57.0. The number of ether oxygens (including phenoxy) is 4. The van der Waals surface area contributed by atoms with Gasteiger partial charge < -0.3 is 33.8 Å². The number of phosphoric ester groups is 2. The molecule has 0 saturated carbocycles. The summed E-state index contributed by atoms with van der Waals surface area (Å²) in [4.78, 5) is 72.6. The van der Waals surface area contributed by atoms with E-state index in [0.29, 0.717) is 25.7 Å². The first-order valence-electron chi connectivity index (χ1n) is 39.1. The molecule has 0 amide bonds. The highest BCUT2D eigenvalue weighted by Crippen LogP contribution is 2.45. The number of aliphatic hydroxyl groups excluding tert-OH is 1. The molecule has 94 heavy (non-hydrogen) atoms. The Labute approximate surface area is 575 Å². The molecule has 0 rings (SSSR count). The number of aliphatic hydroxyl groups is 1. The summed E-state index contributed by atoms with van der Waals surface area (Å²) in [6, 6.07) is 0. The van der Waals surface area contributed by atoms with Crippen LogP contribution in [0.2, 0.25) is 0 Å². The average molecular weight is 1380 g/mol. The Bertz CT molecular complexity index is 1810. The van der Waals surface area contributed by atoms with Crippen LogP contribution in [0.15, 0.2) is 0 Å². The van der Waals surface area contributed by atoms with Crippen molar-refractivity contribution in [3.05, 3.63) is 0 Å². The normalized spacial score (nSPS) is 14.0. The van der Waals surface area contributed by atoms with Crippen LogP contribution < -0.4 is 0 Å². The molecule has 0 spiro atoms. The number of hydrogen-bond donors (Lipinski definition) is 3. The molecule has 0 aromatic heterocycles. The Morgan fingerprint density at radius 1 is 0.287 bits per heavy atom. The van der Waals surface area contributed by atoms with Crippen molar-refractivity contribution in [2.24, 2.45) is 5.92 Å². The van der Waals surface area contributed by atoms with E-state index in [4.69, 9.17) is 37.0 Å². The summed E-state index contributed by atoms with van der Waals surface area (Å²) in [5.41, 5.74) is 0. The fourth-order valence-electron chi connectivity index (χ4n) is 11.5. The summed E-state index contributed by atoms with van der Waals surface area (Å²) in [6.45, 7) is 7.27. The molecule has 3 N–H and O–H groups in total. The second-order valence-electron chi connectivity index (χ2n) is 27.5. The van der Waals surface area contributed by atoms with Crippen LogP contribution in [0, 0.1) is 5.92 Å². The lowest BCUT2D eigenvalue weighted by Crippen LogP contribution is -2.30. The van der Waals surface area contributed by atoms with Gasteiger partial charge in [-0.05, 0) is 31.6 Å². The van der Waals surface area contributed by atoms with Crippen LogP contribution in [0.1, 0.15) is 394 Å². The number of unbranched alkanes of at least 4 members (excludes halogenated alkanes) is 47. The molecule has 558 valence electrons. The SMILES string of the molecule is CCCCCCCCCCCCCCCCCCCC(=O)OC[C@H](COP(=O)(O)OC[C@@H](O)COP(=O)(O)OC[C@@H](COC(=O)CCCCCCCCC)OC(=O)CCCCCCCCCCCCC)OC(=O)CCCCCCCCCCCCCCCCCCC(C)C. The summed E-state index contributed by atoms with van der Waals surface area (Å²) in [5.74, 6) is -1.31. The molecule has 0 bridgehead atoms. The molecular weight excluding hydrogens is 1230 g/mol. The predicted molar refractivity (Wildman–Crippen MR) is 382 cm³/mol. The number of hydrogen-bond acceptors (Lipinski definition) is 15. The molecule has 0 aliphatic rings. The number of phosphoric acid groups is 2. The minimum absolute atomic E-state index is 0.107. The summed E-state index contributed by atoms with van der Waals surface area (Å²) >= 11 is 0. The summed E-state index contributed by atoms with van der Waals surface area (Å²) in [5, 5.41) is 10.6. The van der Waals surface area contributed by atoms with Crippen molar-refractivity contribution >= 4 is 39.5 Å². The largest absolute Gasteiger partial charge is 0.472 e. The second-order valence-corrected chi connectivity index (χ2v) is 30.4. The minimum atomic E-state index is -4.95. The van der Waals surface area contributed by atoms with Gasteiger partial charge in [-0.25, -0.2) is 9.13 Å². The summed E-state index contributed by atoms with van der Waals surface area (Å²) < 4.78 is 68.4. The maximum absolute atomic E-state index is 13.1. The smallest absolute Gasteiger partial charge is 0.462 e. The highest BCUT2D eigenvalue weighted by molar-refractivity contribution is 7.47. The van der Waals surface area contributed by atoms with Crippen molar-refractivity contribution in [1.82, 2.24) is 0 Å². The fraction of sp³-hybridized carbons (Fsp3) is 0.947. The maximum Gasteiger partial charge on any atom is 0.472 e. The molecule has 0 aromatic carbocycles. The number of rotatable bonds is 75. The molecule has 17 nitrogen and oxygen atoms in total. The number of carbonyl (C=O) groups excluding carboxylic acids is 4. The summed E-state index contributed by atoms with van der Waals surface area (Å²) in [7, 11) is -9.90. The van der Waals surface area contributed by atoms with Crippen LogP contribution in [-0.2, 0) is 65.4 Å². The van der Waals surface area contributed by atoms with E-state index in [-0.39, 0.29) is 25.7 Å². The molecule has 0 aliphatic heterocycles. The zero-order valence-electron chi connectivity index (χ0n) is 61.1. The minimum Gasteiger partial charge on any atom is -0.462 e. The van der Waals surface area contributed by atoms with Crippen molar-refractivity contribution < 1.29 is 80.2 Å². The lowest BCUT2D eigenvalue weighted by molar-refractivity contribution is -0.161. The Hall–Kier alpha value is -1.94. The second kappa shape index (κ2) is 68.2. The van der Waals surface area contributed by atoms with Crippen LogP contribution >= 0.6 is 15.6 Å². The van der Waals surface area contributed by atoms with E-state index in [1.54, 1.807) is 0 Å². The molecule has 0 heterocycles. The first-order valence-corrected chi connectivity index (χ1v) is 42.1. The molecule has 2 unspecified atom stereocenters. The van der Waals surface area contributed by atoms with Gasteiger partial charge in [-0.2, -0.15) is 0 Å². The first-order chi connectivity index (χ1) is 45.5. The predicted octanol–water partition coefficient (Wildman–Crippen LogP) is 22.1. The highest BCUT2D eigenvalue weighted by atomic mass is 31.2. The van der Waals surface area contributed by atoms with E-state index < -0.39 is 97.5 Å². The van der Waals surface area contributed by atoms with Gasteiger partial charge in [0.15, 0.2) is 12.2 Å². The highest BCUT2D eigenvalue weighted by Gasteiger charge is 2.30. The molecule has 19 heteroatoms. The van der Waals surface area contributed by atoms with Crippen molar-refractivity contribution in [1.29, 1.82) is 0 Å². The van der Waals surface area contributed by atoms with Gasteiger partial charge in [0.05, 0.1) is 26.4 Å². The molecule has 0 aromatic rings. The van der Waals surface area contributed by atoms with Gasteiger partial charge in [-0.1, -0.05) is 343 Å². The molecule has 0 aliphatic carbocycles. The quantitative estimate of drug-likeness (QED) is 0.0222. The van der Waals surface area contributed by atoms with Crippen molar-refractivity contribution in [3.8, 4) is 0 Å². The lowest BCUT2D eigenvalue weighted by atomic mass is 10.0. The molecular formula is C75H146O17P2. The Balaban J connectivity index is 5.18. The maximum atomic E-state index is 13.1. The van der Waals surface area contributed by atoms with Gasteiger partial charge in [0.2, 0.25) is 0 Å².